The predicted molar refractivity (Wildman–Crippen MR) is 76.4 cm³/mol. The van der Waals surface area contributed by atoms with E-state index in [1.54, 1.807) is 6.07 Å². The Kier molecular flexibility index (Phi) is 4.15. The van der Waals surface area contributed by atoms with Gasteiger partial charge in [0.2, 0.25) is 0 Å². The lowest BCUT2D eigenvalue weighted by Crippen LogP contribution is -2.06. The van der Waals surface area contributed by atoms with Crippen molar-refractivity contribution in [2.24, 2.45) is 0 Å². The Balaban J connectivity index is 2.38. The molecule has 7 heteroatoms. The third-order valence-corrected chi connectivity index (χ3v) is 2.86. The number of aromatic nitrogens is 4. The molecule has 20 heavy (non-hydrogen) atoms. The summed E-state index contributed by atoms with van der Waals surface area (Å²) in [6.07, 6.45) is 3.52. The molecule has 2 heterocycles. The third kappa shape index (κ3) is 2.69. The van der Waals surface area contributed by atoms with Crippen LogP contribution < -0.4 is 11.1 Å². The molecule has 0 bridgehead atoms. The van der Waals surface area contributed by atoms with Gasteiger partial charge in [0.05, 0.1) is 0 Å². The molecule has 104 valence electrons. The average molecular weight is 271 g/mol. The zero-order chi connectivity index (χ0) is 14.5. The highest BCUT2D eigenvalue weighted by molar-refractivity contribution is 5.65. The van der Waals surface area contributed by atoms with Gasteiger partial charge in [-0.05, 0) is 13.3 Å². The van der Waals surface area contributed by atoms with Crippen LogP contribution in [0.25, 0.3) is 5.82 Å². The van der Waals surface area contributed by atoms with Crippen molar-refractivity contribution in [1.82, 2.24) is 19.7 Å². The number of nitrogens with one attached hydrogen (secondary N) is 1. The first kappa shape index (κ1) is 13.8. The van der Waals surface area contributed by atoms with Gasteiger partial charge in [-0.3, -0.25) is 0 Å². The van der Waals surface area contributed by atoms with E-state index in [1.807, 2.05) is 6.92 Å². The normalized spacial score (nSPS) is 10.2. The minimum absolute atomic E-state index is 0.282. The van der Waals surface area contributed by atoms with Crippen molar-refractivity contribution >= 4 is 11.6 Å². The number of hydrogen-bond donors (Lipinski definition) is 2. The molecule has 0 saturated heterocycles. The summed E-state index contributed by atoms with van der Waals surface area (Å²) >= 11 is 0. The molecule has 0 spiro atoms. The fraction of sp³-hybridized carbons (Fsp3) is 0.385. The zero-order valence-electron chi connectivity index (χ0n) is 11.6. The van der Waals surface area contributed by atoms with Crippen molar-refractivity contribution in [3.05, 3.63) is 23.7 Å². The van der Waals surface area contributed by atoms with Crippen molar-refractivity contribution in [3.8, 4) is 11.9 Å². The monoisotopic (exact) mass is 271 g/mol. The van der Waals surface area contributed by atoms with Crippen molar-refractivity contribution in [2.75, 3.05) is 17.6 Å². The lowest BCUT2D eigenvalue weighted by Gasteiger charge is -2.02. The number of aryl methyl sites for hydroxylation is 1. The summed E-state index contributed by atoms with van der Waals surface area (Å²) in [7, 11) is 0. The molecule has 0 fully saturated rings. The van der Waals surface area contributed by atoms with Crippen molar-refractivity contribution in [1.29, 1.82) is 5.26 Å². The number of anilines is 2. The summed E-state index contributed by atoms with van der Waals surface area (Å²) in [5.41, 5.74) is 7.13. The van der Waals surface area contributed by atoms with Crippen LogP contribution in [-0.4, -0.2) is 26.3 Å². The molecular formula is C13H17N7. The molecule has 7 nitrogen and oxygen atoms in total. The number of rotatable bonds is 5. The van der Waals surface area contributed by atoms with E-state index in [2.05, 4.69) is 33.4 Å². The highest BCUT2D eigenvalue weighted by atomic mass is 15.4. The van der Waals surface area contributed by atoms with Crippen LogP contribution in [0.2, 0.25) is 0 Å². The molecule has 2 aromatic heterocycles. The third-order valence-electron chi connectivity index (χ3n) is 2.86. The van der Waals surface area contributed by atoms with Gasteiger partial charge in [0.15, 0.2) is 11.6 Å². The molecule has 3 N–H and O–H groups in total. The molecule has 0 aromatic carbocycles. The maximum absolute atomic E-state index is 9.21. The van der Waals surface area contributed by atoms with E-state index in [1.165, 1.54) is 11.0 Å². The summed E-state index contributed by atoms with van der Waals surface area (Å²) < 4.78 is 1.46. The number of nitrogens with two attached hydrogens (primary N) is 1. The Morgan fingerprint density at radius 3 is 2.90 bits per heavy atom. The SMILES string of the molecule is CCCCNc1nn(-c2cc(C)ncn2)c(N)c1C#N. The molecule has 0 aliphatic heterocycles. The second-order valence-corrected chi connectivity index (χ2v) is 4.43. The van der Waals surface area contributed by atoms with Crippen molar-refractivity contribution in [3.63, 3.8) is 0 Å². The zero-order valence-corrected chi connectivity index (χ0v) is 11.6. The first-order valence-corrected chi connectivity index (χ1v) is 6.48. The van der Waals surface area contributed by atoms with Crippen LogP contribution in [-0.2, 0) is 0 Å². The van der Waals surface area contributed by atoms with Crippen molar-refractivity contribution in [2.45, 2.75) is 26.7 Å². The van der Waals surface area contributed by atoms with E-state index in [0.717, 1.165) is 25.1 Å². The van der Waals surface area contributed by atoms with Gasteiger partial charge in [0.25, 0.3) is 0 Å². The highest BCUT2D eigenvalue weighted by Gasteiger charge is 2.16. The maximum atomic E-state index is 9.21. The molecule has 2 rings (SSSR count). The fourth-order valence-corrected chi connectivity index (χ4v) is 1.78. The Bertz CT molecular complexity index is 639. The van der Waals surface area contributed by atoms with Gasteiger partial charge in [-0.2, -0.15) is 9.94 Å². The average Bonchev–Trinajstić information content (AvgIpc) is 2.75. The number of hydrogen-bond acceptors (Lipinski definition) is 6. The predicted octanol–water partition coefficient (Wildman–Crippen LogP) is 1.64. The van der Waals surface area contributed by atoms with Gasteiger partial charge in [-0.1, -0.05) is 13.3 Å². The minimum Gasteiger partial charge on any atom is -0.382 e. The lowest BCUT2D eigenvalue weighted by atomic mass is 10.3. The standard InChI is InChI=1S/C13H17N7/c1-3-4-5-16-13-10(7-14)12(15)20(19-13)11-6-9(2)17-8-18-11/h6,8H,3-5,15H2,1-2H3,(H,16,19). The topological polar surface area (TPSA) is 105 Å². The van der Waals surface area contributed by atoms with E-state index in [4.69, 9.17) is 5.73 Å². The Hall–Kier alpha value is -2.62. The van der Waals surface area contributed by atoms with Crippen molar-refractivity contribution < 1.29 is 0 Å². The van der Waals surface area contributed by atoms with E-state index < -0.39 is 0 Å². The summed E-state index contributed by atoms with van der Waals surface area (Å²) in [5, 5.41) is 16.7. The van der Waals surface area contributed by atoms with Crippen LogP contribution in [0, 0.1) is 18.3 Å². The fourth-order valence-electron chi connectivity index (χ4n) is 1.78. The quantitative estimate of drug-likeness (QED) is 0.801. The second-order valence-electron chi connectivity index (χ2n) is 4.43. The van der Waals surface area contributed by atoms with Crippen LogP contribution in [0.1, 0.15) is 31.0 Å². The Labute approximate surface area is 117 Å². The Morgan fingerprint density at radius 2 is 2.25 bits per heavy atom. The lowest BCUT2D eigenvalue weighted by molar-refractivity contribution is 0.814. The van der Waals surface area contributed by atoms with E-state index in [0.29, 0.717) is 17.2 Å². The van der Waals surface area contributed by atoms with E-state index in [9.17, 15) is 5.26 Å². The molecular weight excluding hydrogens is 254 g/mol. The highest BCUT2D eigenvalue weighted by Crippen LogP contribution is 2.23. The largest absolute Gasteiger partial charge is 0.382 e. The minimum atomic E-state index is 0.282. The van der Waals surface area contributed by atoms with Crippen LogP contribution in [0.15, 0.2) is 12.4 Å². The first-order chi connectivity index (χ1) is 9.67. The molecule has 0 atom stereocenters. The van der Waals surface area contributed by atoms with Gasteiger partial charge in [-0.25, -0.2) is 9.97 Å². The number of unbranched alkanes of at least 4 members (excludes halogenated alkanes) is 1. The van der Waals surface area contributed by atoms with Crippen LogP contribution >= 0.6 is 0 Å². The smallest absolute Gasteiger partial charge is 0.168 e. The van der Waals surface area contributed by atoms with E-state index >= 15 is 0 Å². The van der Waals surface area contributed by atoms with Crippen LogP contribution in [0.5, 0.6) is 0 Å². The summed E-state index contributed by atoms with van der Waals surface area (Å²) in [6.45, 7) is 4.71. The van der Waals surface area contributed by atoms with Crippen LogP contribution in [0.3, 0.4) is 0 Å². The Morgan fingerprint density at radius 1 is 1.45 bits per heavy atom. The maximum Gasteiger partial charge on any atom is 0.168 e. The summed E-state index contributed by atoms with van der Waals surface area (Å²) in [6, 6.07) is 3.85. The van der Waals surface area contributed by atoms with Gasteiger partial charge in [0.1, 0.15) is 23.8 Å². The van der Waals surface area contributed by atoms with E-state index in [-0.39, 0.29) is 5.82 Å². The number of nitriles is 1. The summed E-state index contributed by atoms with van der Waals surface area (Å²) in [5.74, 6) is 1.33. The molecule has 0 saturated carbocycles. The molecule has 0 amide bonds. The summed E-state index contributed by atoms with van der Waals surface area (Å²) in [4.78, 5) is 8.16. The molecule has 0 aliphatic rings. The first-order valence-electron chi connectivity index (χ1n) is 6.48. The van der Waals surface area contributed by atoms with Gasteiger partial charge in [-0.15, -0.1) is 5.10 Å². The molecule has 0 radical (unpaired) electrons. The number of nitrogens with zero attached hydrogens (tertiary/aromatic N) is 5. The second kappa shape index (κ2) is 6.02. The van der Waals surface area contributed by atoms with Gasteiger partial charge >= 0.3 is 0 Å². The number of nitrogen functional groups attached to an aromatic ring is 1. The molecule has 0 unspecified atom stereocenters. The van der Waals surface area contributed by atoms with Crippen LogP contribution in [0.4, 0.5) is 11.6 Å². The van der Waals surface area contributed by atoms with Gasteiger partial charge in [0, 0.05) is 18.3 Å². The molecule has 2 aromatic rings. The molecule has 0 aliphatic carbocycles. The van der Waals surface area contributed by atoms with Gasteiger partial charge < -0.3 is 11.1 Å².